The number of nitrogens with zero attached hydrogens (tertiary/aromatic N) is 2. The Hall–Kier alpha value is -3.46. The minimum atomic E-state index is -0.427. The highest BCUT2D eigenvalue weighted by atomic mass is 16.3. The molecule has 6 nitrogen and oxygen atoms in total. The molecule has 0 aromatic heterocycles. The van der Waals surface area contributed by atoms with Crippen LogP contribution in [-0.2, 0) is 11.2 Å². The van der Waals surface area contributed by atoms with Gasteiger partial charge in [-0.2, -0.15) is 5.26 Å². The fourth-order valence-corrected chi connectivity index (χ4v) is 2.24. The summed E-state index contributed by atoms with van der Waals surface area (Å²) < 4.78 is 0. The Bertz CT molecular complexity index is 803. The standard InChI is InChI=1S/C20H22N4O2/c1-24(2)18-7-5-17(6-8-18)23-14-16(13-21)20(26)22-12-11-15-3-9-19(25)10-4-15/h3-10,14,23,25H,11-12H2,1-2H3,(H,22,26)/b16-14-. The van der Waals surface area contributed by atoms with E-state index in [0.717, 1.165) is 16.9 Å². The minimum absolute atomic E-state index is 0.00684. The molecule has 0 fully saturated rings. The Morgan fingerprint density at radius 3 is 2.38 bits per heavy atom. The fourth-order valence-electron chi connectivity index (χ4n) is 2.24. The molecular weight excluding hydrogens is 328 g/mol. The molecule has 2 rings (SSSR count). The Morgan fingerprint density at radius 2 is 1.81 bits per heavy atom. The zero-order chi connectivity index (χ0) is 18.9. The minimum Gasteiger partial charge on any atom is -0.508 e. The Kier molecular flexibility index (Phi) is 6.63. The number of benzene rings is 2. The molecule has 0 spiro atoms. The lowest BCUT2D eigenvalue weighted by atomic mass is 10.1. The second-order valence-corrected chi connectivity index (χ2v) is 5.93. The second kappa shape index (κ2) is 9.14. The number of nitrogens with one attached hydrogen (secondary N) is 2. The smallest absolute Gasteiger partial charge is 0.263 e. The number of carbonyl (C=O) groups is 1. The molecule has 6 heteroatoms. The van der Waals surface area contributed by atoms with Crippen molar-refractivity contribution in [2.75, 3.05) is 30.9 Å². The van der Waals surface area contributed by atoms with E-state index < -0.39 is 5.91 Å². The Labute approximate surface area is 153 Å². The first-order valence-corrected chi connectivity index (χ1v) is 8.20. The first-order chi connectivity index (χ1) is 12.5. The van der Waals surface area contributed by atoms with E-state index in [1.54, 1.807) is 24.3 Å². The summed E-state index contributed by atoms with van der Waals surface area (Å²) in [5.41, 5.74) is 2.85. The predicted molar refractivity (Wildman–Crippen MR) is 103 cm³/mol. The third kappa shape index (κ3) is 5.56. The number of hydrogen-bond donors (Lipinski definition) is 3. The average molecular weight is 350 g/mol. The van der Waals surface area contributed by atoms with E-state index in [9.17, 15) is 15.2 Å². The molecule has 1 amide bonds. The number of anilines is 2. The van der Waals surface area contributed by atoms with Gasteiger partial charge in [-0.15, -0.1) is 0 Å². The summed E-state index contributed by atoms with van der Waals surface area (Å²) in [5.74, 6) is -0.221. The zero-order valence-corrected chi connectivity index (χ0v) is 14.9. The molecule has 0 unspecified atom stereocenters. The maximum absolute atomic E-state index is 12.1. The highest BCUT2D eigenvalue weighted by molar-refractivity contribution is 5.97. The number of amides is 1. The highest BCUT2D eigenvalue weighted by Gasteiger charge is 2.08. The summed E-state index contributed by atoms with van der Waals surface area (Å²) in [6, 6.07) is 16.3. The summed E-state index contributed by atoms with van der Waals surface area (Å²) in [5, 5.41) is 24.1. The van der Waals surface area contributed by atoms with Gasteiger partial charge in [0, 0.05) is 38.2 Å². The van der Waals surface area contributed by atoms with Gasteiger partial charge >= 0.3 is 0 Å². The zero-order valence-electron chi connectivity index (χ0n) is 14.9. The van der Waals surface area contributed by atoms with Crippen LogP contribution in [0, 0.1) is 11.3 Å². The van der Waals surface area contributed by atoms with Crippen molar-refractivity contribution in [3.8, 4) is 11.8 Å². The molecule has 0 aliphatic rings. The molecule has 26 heavy (non-hydrogen) atoms. The van der Waals surface area contributed by atoms with Gasteiger partial charge in [0.15, 0.2) is 0 Å². The van der Waals surface area contributed by atoms with Crippen LogP contribution in [0.3, 0.4) is 0 Å². The monoisotopic (exact) mass is 350 g/mol. The second-order valence-electron chi connectivity index (χ2n) is 5.93. The number of nitriles is 1. The van der Waals surface area contributed by atoms with Gasteiger partial charge < -0.3 is 20.6 Å². The van der Waals surface area contributed by atoms with Crippen LogP contribution >= 0.6 is 0 Å². The number of phenols is 1. The lowest BCUT2D eigenvalue weighted by molar-refractivity contribution is -0.117. The molecular formula is C20H22N4O2. The van der Waals surface area contributed by atoms with E-state index in [2.05, 4.69) is 10.6 Å². The Morgan fingerprint density at radius 1 is 1.15 bits per heavy atom. The first kappa shape index (κ1) is 18.9. The van der Waals surface area contributed by atoms with Crippen molar-refractivity contribution in [3.05, 3.63) is 65.9 Å². The number of rotatable bonds is 7. The largest absolute Gasteiger partial charge is 0.508 e. The van der Waals surface area contributed by atoms with E-state index >= 15 is 0 Å². The van der Waals surface area contributed by atoms with Crippen molar-refractivity contribution in [1.29, 1.82) is 5.26 Å². The summed E-state index contributed by atoms with van der Waals surface area (Å²) in [6.07, 6.45) is 2.02. The molecule has 0 heterocycles. The molecule has 0 atom stereocenters. The van der Waals surface area contributed by atoms with Crippen molar-refractivity contribution in [2.45, 2.75) is 6.42 Å². The van der Waals surface area contributed by atoms with Gasteiger partial charge in [0.25, 0.3) is 5.91 Å². The van der Waals surface area contributed by atoms with Crippen LogP contribution in [0.1, 0.15) is 5.56 Å². The molecule has 2 aromatic carbocycles. The lowest BCUT2D eigenvalue weighted by Gasteiger charge is -2.12. The topological polar surface area (TPSA) is 88.4 Å². The number of carbonyl (C=O) groups excluding carboxylic acids is 1. The molecule has 0 radical (unpaired) electrons. The fraction of sp³-hybridized carbons (Fsp3) is 0.200. The van der Waals surface area contributed by atoms with Crippen molar-refractivity contribution >= 4 is 17.3 Å². The molecule has 0 saturated heterocycles. The lowest BCUT2D eigenvalue weighted by Crippen LogP contribution is -2.27. The van der Waals surface area contributed by atoms with E-state index in [4.69, 9.17) is 0 Å². The third-order valence-corrected chi connectivity index (χ3v) is 3.77. The van der Waals surface area contributed by atoms with Gasteiger partial charge in [0.1, 0.15) is 17.4 Å². The molecule has 0 bridgehead atoms. The van der Waals surface area contributed by atoms with Crippen molar-refractivity contribution < 1.29 is 9.90 Å². The molecule has 0 aliphatic carbocycles. The summed E-state index contributed by atoms with van der Waals surface area (Å²) in [4.78, 5) is 14.1. The van der Waals surface area contributed by atoms with Crippen LogP contribution in [-0.4, -0.2) is 31.7 Å². The van der Waals surface area contributed by atoms with Crippen LogP contribution in [0.5, 0.6) is 5.75 Å². The molecule has 3 N–H and O–H groups in total. The molecule has 2 aromatic rings. The number of aromatic hydroxyl groups is 1. The van der Waals surface area contributed by atoms with E-state index in [-0.39, 0.29) is 11.3 Å². The van der Waals surface area contributed by atoms with E-state index in [1.807, 2.05) is 49.3 Å². The highest BCUT2D eigenvalue weighted by Crippen LogP contribution is 2.16. The predicted octanol–water partition coefficient (Wildman–Crippen LogP) is 2.64. The normalized spacial score (nSPS) is 10.7. The van der Waals surface area contributed by atoms with Gasteiger partial charge in [-0.3, -0.25) is 4.79 Å². The van der Waals surface area contributed by atoms with Gasteiger partial charge in [-0.05, 0) is 48.4 Å². The summed E-state index contributed by atoms with van der Waals surface area (Å²) in [6.45, 7) is 0.403. The van der Waals surface area contributed by atoms with E-state index in [1.165, 1.54) is 6.20 Å². The van der Waals surface area contributed by atoms with Crippen LogP contribution in [0.15, 0.2) is 60.3 Å². The first-order valence-electron chi connectivity index (χ1n) is 8.20. The SMILES string of the molecule is CN(C)c1ccc(N/C=C(/C#N)C(=O)NCCc2ccc(O)cc2)cc1. The maximum atomic E-state index is 12.1. The summed E-state index contributed by atoms with van der Waals surface area (Å²) >= 11 is 0. The van der Waals surface area contributed by atoms with Crippen LogP contribution in [0.25, 0.3) is 0 Å². The van der Waals surface area contributed by atoms with Gasteiger partial charge in [-0.1, -0.05) is 12.1 Å². The van der Waals surface area contributed by atoms with Crippen LogP contribution < -0.4 is 15.5 Å². The Balaban J connectivity index is 1.87. The van der Waals surface area contributed by atoms with Crippen LogP contribution in [0.2, 0.25) is 0 Å². The van der Waals surface area contributed by atoms with Crippen molar-refractivity contribution in [1.82, 2.24) is 5.32 Å². The van der Waals surface area contributed by atoms with Crippen LogP contribution in [0.4, 0.5) is 11.4 Å². The number of phenolic OH excluding ortho intramolecular Hbond substituents is 1. The van der Waals surface area contributed by atoms with Gasteiger partial charge in [0.2, 0.25) is 0 Å². The molecule has 134 valence electrons. The van der Waals surface area contributed by atoms with E-state index in [0.29, 0.717) is 13.0 Å². The molecule has 0 saturated carbocycles. The quantitative estimate of drug-likeness (QED) is 0.528. The average Bonchev–Trinajstić information content (AvgIpc) is 2.64. The van der Waals surface area contributed by atoms with Crippen molar-refractivity contribution in [3.63, 3.8) is 0 Å². The maximum Gasteiger partial charge on any atom is 0.263 e. The summed E-state index contributed by atoms with van der Waals surface area (Å²) in [7, 11) is 3.91. The van der Waals surface area contributed by atoms with Crippen molar-refractivity contribution in [2.24, 2.45) is 0 Å². The number of hydrogen-bond acceptors (Lipinski definition) is 5. The third-order valence-electron chi connectivity index (χ3n) is 3.77. The molecule has 0 aliphatic heterocycles. The van der Waals surface area contributed by atoms with Gasteiger partial charge in [-0.25, -0.2) is 0 Å². The van der Waals surface area contributed by atoms with Gasteiger partial charge in [0.05, 0.1) is 0 Å².